The van der Waals surface area contributed by atoms with Crippen molar-refractivity contribution in [1.29, 1.82) is 0 Å². The molecule has 0 spiro atoms. The Hall–Kier alpha value is -1.23. The molecular weight excluding hydrogens is 255 g/mol. The topological polar surface area (TPSA) is 51.2 Å². The molecule has 2 unspecified atom stereocenters. The monoisotopic (exact) mass is 270 g/mol. The number of hydrogen-bond acceptors (Lipinski definition) is 3. The third-order valence-corrected chi connectivity index (χ3v) is 4.67. The first-order valence-electron chi connectivity index (χ1n) is 5.86. The molecule has 0 N–H and O–H groups in total. The molecule has 1 aromatic rings. The molecule has 0 amide bonds. The van der Waals surface area contributed by atoms with Crippen molar-refractivity contribution in [2.45, 2.75) is 30.6 Å². The third kappa shape index (κ3) is 2.19. The van der Waals surface area contributed by atoms with Crippen LogP contribution in [0.5, 0.6) is 0 Å². The Balaban J connectivity index is 2.33. The van der Waals surface area contributed by atoms with E-state index >= 15 is 0 Å². The van der Waals surface area contributed by atoms with E-state index in [4.69, 9.17) is 0 Å². The van der Waals surface area contributed by atoms with Crippen molar-refractivity contribution in [3.8, 4) is 0 Å². The number of halogens is 1. The molecule has 18 heavy (non-hydrogen) atoms. The number of hydrogen-bond donors (Lipinski definition) is 0. The maximum absolute atomic E-state index is 13.7. The van der Waals surface area contributed by atoms with Crippen LogP contribution in [0.2, 0.25) is 0 Å². The molecule has 1 aromatic carbocycles. The molecule has 5 heteroatoms. The largest absolute Gasteiger partial charge is 0.299 e. The number of carbonyl (C=O) groups is 1. The minimum atomic E-state index is -3.54. The second-order valence-electron chi connectivity index (χ2n) is 4.75. The van der Waals surface area contributed by atoms with Crippen molar-refractivity contribution >= 4 is 15.6 Å². The van der Waals surface area contributed by atoms with E-state index in [1.807, 2.05) is 6.92 Å². The van der Waals surface area contributed by atoms with Crippen LogP contribution in [0.25, 0.3) is 0 Å². The second-order valence-corrected chi connectivity index (χ2v) is 6.74. The fourth-order valence-electron chi connectivity index (χ4n) is 2.49. The maximum Gasteiger partial charge on any atom is 0.178 e. The van der Waals surface area contributed by atoms with Crippen LogP contribution in [0.3, 0.4) is 0 Å². The van der Waals surface area contributed by atoms with E-state index in [1.165, 1.54) is 12.1 Å². The molecular formula is C13H15FO3S. The summed E-state index contributed by atoms with van der Waals surface area (Å²) < 4.78 is 36.3. The van der Waals surface area contributed by atoms with Crippen LogP contribution in [-0.2, 0) is 14.6 Å². The Morgan fingerprint density at radius 3 is 2.50 bits per heavy atom. The summed E-state index contributed by atoms with van der Waals surface area (Å²) in [6.45, 7) is 1.93. The van der Waals surface area contributed by atoms with Gasteiger partial charge in [0.15, 0.2) is 9.84 Å². The fraction of sp³-hybridized carbons (Fsp3) is 0.462. The van der Waals surface area contributed by atoms with Crippen LogP contribution in [0.4, 0.5) is 4.39 Å². The smallest absolute Gasteiger partial charge is 0.178 e. The highest BCUT2D eigenvalue weighted by molar-refractivity contribution is 7.90. The van der Waals surface area contributed by atoms with Gasteiger partial charge in [0.1, 0.15) is 16.5 Å². The SMILES string of the molecule is CCC1C(=O)CC1c1ccc(S(C)(=O)=O)c(F)c1. The van der Waals surface area contributed by atoms with E-state index in [0.717, 1.165) is 12.7 Å². The molecule has 0 heterocycles. The lowest BCUT2D eigenvalue weighted by Crippen LogP contribution is -2.34. The van der Waals surface area contributed by atoms with Crippen molar-refractivity contribution in [3.05, 3.63) is 29.6 Å². The molecule has 0 bridgehead atoms. The number of rotatable bonds is 3. The summed E-state index contributed by atoms with van der Waals surface area (Å²) in [5.74, 6) is -0.543. The van der Waals surface area contributed by atoms with Crippen LogP contribution >= 0.6 is 0 Å². The number of benzene rings is 1. The van der Waals surface area contributed by atoms with E-state index in [9.17, 15) is 17.6 Å². The summed E-state index contributed by atoms with van der Waals surface area (Å²) >= 11 is 0. The van der Waals surface area contributed by atoms with E-state index in [1.54, 1.807) is 6.07 Å². The molecule has 1 aliphatic carbocycles. The van der Waals surface area contributed by atoms with Gasteiger partial charge in [0.05, 0.1) is 0 Å². The van der Waals surface area contributed by atoms with Gasteiger partial charge in [-0.05, 0) is 24.1 Å². The first-order valence-corrected chi connectivity index (χ1v) is 7.76. The summed E-state index contributed by atoms with van der Waals surface area (Å²) in [6.07, 6.45) is 2.14. The standard InChI is InChI=1S/C13H15FO3S/c1-3-9-10(7-12(9)15)8-4-5-13(11(14)6-8)18(2,16)17/h4-6,9-10H,3,7H2,1-2H3. The van der Waals surface area contributed by atoms with Crippen molar-refractivity contribution < 1.29 is 17.6 Å². The zero-order valence-corrected chi connectivity index (χ0v) is 11.1. The van der Waals surface area contributed by atoms with Crippen molar-refractivity contribution in [1.82, 2.24) is 0 Å². The quantitative estimate of drug-likeness (QED) is 0.847. The maximum atomic E-state index is 13.7. The molecule has 2 rings (SSSR count). The van der Waals surface area contributed by atoms with E-state index in [2.05, 4.69) is 0 Å². The predicted molar refractivity (Wildman–Crippen MR) is 65.7 cm³/mol. The lowest BCUT2D eigenvalue weighted by atomic mass is 9.68. The highest BCUT2D eigenvalue weighted by atomic mass is 32.2. The molecule has 0 radical (unpaired) electrons. The van der Waals surface area contributed by atoms with Gasteiger partial charge >= 0.3 is 0 Å². The molecule has 2 atom stereocenters. The highest BCUT2D eigenvalue weighted by Gasteiger charge is 2.39. The molecule has 98 valence electrons. The Bertz CT molecular complexity index is 592. The van der Waals surface area contributed by atoms with Crippen LogP contribution < -0.4 is 0 Å². The van der Waals surface area contributed by atoms with Crippen LogP contribution in [0.15, 0.2) is 23.1 Å². The Labute approximate surface area is 106 Å². The average Bonchev–Trinajstić information content (AvgIpc) is 2.24. The predicted octanol–water partition coefficient (Wildman–Crippen LogP) is 2.31. The average molecular weight is 270 g/mol. The third-order valence-electron chi connectivity index (χ3n) is 3.54. The highest BCUT2D eigenvalue weighted by Crippen LogP contribution is 2.41. The molecule has 1 saturated carbocycles. The van der Waals surface area contributed by atoms with Crippen molar-refractivity contribution in [3.63, 3.8) is 0 Å². The van der Waals surface area contributed by atoms with Gasteiger partial charge in [-0.2, -0.15) is 0 Å². The van der Waals surface area contributed by atoms with Crippen LogP contribution in [0.1, 0.15) is 31.2 Å². The fourth-order valence-corrected chi connectivity index (χ4v) is 3.21. The van der Waals surface area contributed by atoms with Crippen LogP contribution in [-0.4, -0.2) is 20.5 Å². The Morgan fingerprint density at radius 1 is 1.39 bits per heavy atom. The first kappa shape index (κ1) is 13.2. The van der Waals surface area contributed by atoms with Gasteiger partial charge in [0.2, 0.25) is 0 Å². The zero-order valence-electron chi connectivity index (χ0n) is 10.3. The van der Waals surface area contributed by atoms with E-state index in [-0.39, 0.29) is 22.5 Å². The molecule has 0 aliphatic heterocycles. The summed E-state index contributed by atoms with van der Waals surface area (Å²) in [5, 5.41) is 0. The molecule has 1 aliphatic rings. The van der Waals surface area contributed by atoms with Gasteiger partial charge in [-0.3, -0.25) is 4.79 Å². The lowest BCUT2D eigenvalue weighted by Gasteiger charge is -2.34. The minimum Gasteiger partial charge on any atom is -0.299 e. The number of carbonyl (C=O) groups excluding carboxylic acids is 1. The number of sulfone groups is 1. The minimum absolute atomic E-state index is 0.0330. The van der Waals surface area contributed by atoms with Crippen LogP contribution in [0, 0.1) is 11.7 Å². The molecule has 0 saturated heterocycles. The van der Waals surface area contributed by atoms with Gasteiger partial charge in [-0.1, -0.05) is 13.0 Å². The summed E-state index contributed by atoms with van der Waals surface area (Å²) in [5.41, 5.74) is 0.714. The van der Waals surface area contributed by atoms with Crippen molar-refractivity contribution in [2.24, 2.45) is 5.92 Å². The van der Waals surface area contributed by atoms with Gasteiger partial charge in [-0.25, -0.2) is 12.8 Å². The second kappa shape index (κ2) is 4.46. The summed E-state index contributed by atoms with van der Waals surface area (Å²) in [7, 11) is -3.54. The van der Waals surface area contributed by atoms with E-state index in [0.29, 0.717) is 12.0 Å². The number of ketones is 1. The molecule has 0 aromatic heterocycles. The summed E-state index contributed by atoms with van der Waals surface area (Å²) in [4.78, 5) is 11.1. The van der Waals surface area contributed by atoms with Gasteiger partial charge in [-0.15, -0.1) is 0 Å². The van der Waals surface area contributed by atoms with E-state index < -0.39 is 15.7 Å². The van der Waals surface area contributed by atoms with Crippen molar-refractivity contribution in [2.75, 3.05) is 6.26 Å². The molecule has 3 nitrogen and oxygen atoms in total. The normalized spacial score (nSPS) is 23.8. The first-order chi connectivity index (χ1) is 8.34. The zero-order chi connectivity index (χ0) is 13.5. The molecule has 1 fully saturated rings. The Kier molecular flexibility index (Phi) is 3.27. The Morgan fingerprint density at radius 2 is 2.06 bits per heavy atom. The van der Waals surface area contributed by atoms with Gasteiger partial charge < -0.3 is 0 Å². The van der Waals surface area contributed by atoms with Gasteiger partial charge in [0, 0.05) is 24.5 Å². The lowest BCUT2D eigenvalue weighted by molar-refractivity contribution is -0.131. The summed E-state index contributed by atoms with van der Waals surface area (Å²) in [6, 6.07) is 4.14. The number of Topliss-reactive ketones (excluding diaryl/α,β-unsaturated/α-hetero) is 1. The van der Waals surface area contributed by atoms with Gasteiger partial charge in [0.25, 0.3) is 0 Å².